The molecule has 0 bridgehead atoms. The molecule has 15 heavy (non-hydrogen) atoms. The van der Waals surface area contributed by atoms with E-state index in [2.05, 4.69) is 0 Å². The second kappa shape index (κ2) is 2.70. The van der Waals surface area contributed by atoms with Gasteiger partial charge >= 0.3 is 0 Å². The molecule has 0 amide bonds. The molecule has 0 atom stereocenters. The number of benzene rings is 1. The number of rotatable bonds is 0. The molecular formula is C13H9NO. The zero-order valence-corrected chi connectivity index (χ0v) is 8.03. The third-order valence-electron chi connectivity index (χ3n) is 2.80. The van der Waals surface area contributed by atoms with Crippen molar-refractivity contribution in [1.29, 1.82) is 0 Å². The third kappa shape index (κ3) is 1.02. The molecule has 2 nitrogen and oxygen atoms in total. The van der Waals surface area contributed by atoms with Gasteiger partial charge in [-0.25, -0.2) is 0 Å². The van der Waals surface area contributed by atoms with E-state index in [4.69, 9.17) is 5.73 Å². The number of carbonyl (C=O) groups is 1. The van der Waals surface area contributed by atoms with E-state index in [1.54, 1.807) is 0 Å². The van der Waals surface area contributed by atoms with Crippen molar-refractivity contribution in [2.24, 2.45) is 5.73 Å². The molecule has 0 aromatic heterocycles. The number of hydrogen-bond donors (Lipinski definition) is 1. The van der Waals surface area contributed by atoms with Gasteiger partial charge < -0.3 is 5.73 Å². The number of carbonyl (C=O) groups excluding carboxylic acids is 1. The largest absolute Gasteiger partial charge is 0.395 e. The number of fused-ring (bicyclic) bond motifs is 2. The van der Waals surface area contributed by atoms with Crippen LogP contribution in [0.5, 0.6) is 0 Å². The van der Waals surface area contributed by atoms with Gasteiger partial charge in [-0.2, -0.15) is 0 Å². The first kappa shape index (κ1) is 8.24. The average molecular weight is 195 g/mol. The molecule has 2 heteroatoms. The Morgan fingerprint density at radius 3 is 2.67 bits per heavy atom. The Bertz CT molecular complexity index is 647. The van der Waals surface area contributed by atoms with E-state index >= 15 is 0 Å². The summed E-state index contributed by atoms with van der Waals surface area (Å²) in [6, 6.07) is 8.04. The molecule has 0 saturated carbocycles. The van der Waals surface area contributed by atoms with Crippen molar-refractivity contribution < 1.29 is 4.79 Å². The van der Waals surface area contributed by atoms with Crippen LogP contribution in [0.3, 0.4) is 0 Å². The molecule has 0 aliphatic heterocycles. The van der Waals surface area contributed by atoms with Gasteiger partial charge in [0.1, 0.15) is 0 Å². The molecule has 3 rings (SSSR count). The standard InChI is InChI=1S/C13H9NO/c14-13-11-7-8-3-1-2-4-9(8)10(11)5-6-12(13)15/h1-7H,14H2. The van der Waals surface area contributed by atoms with E-state index < -0.39 is 0 Å². The van der Waals surface area contributed by atoms with Crippen LogP contribution in [0.4, 0.5) is 0 Å². The summed E-state index contributed by atoms with van der Waals surface area (Å²) in [7, 11) is 0. The molecule has 0 spiro atoms. The van der Waals surface area contributed by atoms with E-state index in [0.717, 1.165) is 21.6 Å². The predicted molar refractivity (Wildman–Crippen MR) is 58.9 cm³/mol. The Kier molecular flexibility index (Phi) is 1.48. The van der Waals surface area contributed by atoms with Gasteiger partial charge in [-0.15, -0.1) is 0 Å². The molecule has 1 aromatic carbocycles. The van der Waals surface area contributed by atoms with Crippen LogP contribution in [0.25, 0.3) is 11.6 Å². The van der Waals surface area contributed by atoms with Gasteiger partial charge in [-0.3, -0.25) is 4.79 Å². The summed E-state index contributed by atoms with van der Waals surface area (Å²) in [5.41, 5.74) is 8.04. The van der Waals surface area contributed by atoms with Crippen LogP contribution in [-0.2, 0) is 4.79 Å². The van der Waals surface area contributed by atoms with E-state index in [1.807, 2.05) is 36.4 Å². The summed E-state index contributed by atoms with van der Waals surface area (Å²) in [4.78, 5) is 11.4. The molecule has 2 aliphatic rings. The first-order valence-corrected chi connectivity index (χ1v) is 4.81. The Hall–Kier alpha value is -2.09. The summed E-state index contributed by atoms with van der Waals surface area (Å²) >= 11 is 0. The van der Waals surface area contributed by atoms with Crippen molar-refractivity contribution in [3.05, 3.63) is 58.1 Å². The van der Waals surface area contributed by atoms with E-state index in [9.17, 15) is 4.79 Å². The van der Waals surface area contributed by atoms with Crippen molar-refractivity contribution in [1.82, 2.24) is 0 Å². The fraction of sp³-hybridized carbons (Fsp3) is 0. The second-order valence-corrected chi connectivity index (χ2v) is 3.67. The molecule has 0 saturated heterocycles. The van der Waals surface area contributed by atoms with Crippen LogP contribution in [0.15, 0.2) is 47.7 Å². The van der Waals surface area contributed by atoms with E-state index in [0.29, 0.717) is 5.70 Å². The maximum atomic E-state index is 11.4. The maximum absolute atomic E-state index is 11.4. The Morgan fingerprint density at radius 1 is 1.00 bits per heavy atom. The van der Waals surface area contributed by atoms with Crippen LogP contribution in [0.2, 0.25) is 0 Å². The highest BCUT2D eigenvalue weighted by Gasteiger charge is 2.19. The summed E-state index contributed by atoms with van der Waals surface area (Å²) in [6.45, 7) is 0. The minimum absolute atomic E-state index is 0.0993. The lowest BCUT2D eigenvalue weighted by atomic mass is 9.98. The van der Waals surface area contributed by atoms with Gasteiger partial charge in [-0.05, 0) is 34.2 Å². The van der Waals surface area contributed by atoms with Gasteiger partial charge in [0.25, 0.3) is 0 Å². The lowest BCUT2D eigenvalue weighted by Crippen LogP contribution is -2.22. The highest BCUT2D eigenvalue weighted by molar-refractivity contribution is 6.13. The second-order valence-electron chi connectivity index (χ2n) is 3.67. The van der Waals surface area contributed by atoms with Crippen molar-refractivity contribution in [3.63, 3.8) is 0 Å². The van der Waals surface area contributed by atoms with Gasteiger partial charge in [0.15, 0.2) is 0 Å². The Morgan fingerprint density at radius 2 is 1.80 bits per heavy atom. The third-order valence-corrected chi connectivity index (χ3v) is 2.80. The zero-order chi connectivity index (χ0) is 10.4. The lowest BCUT2D eigenvalue weighted by Gasteiger charge is -2.08. The van der Waals surface area contributed by atoms with Gasteiger partial charge in [0.05, 0.1) is 5.70 Å². The van der Waals surface area contributed by atoms with Crippen LogP contribution >= 0.6 is 0 Å². The number of nitrogens with two attached hydrogens (primary N) is 1. The summed E-state index contributed by atoms with van der Waals surface area (Å²) in [5, 5.41) is 2.28. The van der Waals surface area contributed by atoms with Crippen LogP contribution in [0.1, 0.15) is 0 Å². The smallest absolute Gasteiger partial charge is 0.202 e. The number of allylic oxidation sites excluding steroid dienone is 3. The molecule has 0 unspecified atom stereocenters. The van der Waals surface area contributed by atoms with Crippen molar-refractivity contribution in [2.75, 3.05) is 0 Å². The number of hydrogen-bond acceptors (Lipinski definition) is 2. The molecule has 2 N–H and O–H groups in total. The van der Waals surface area contributed by atoms with E-state index in [1.165, 1.54) is 6.08 Å². The zero-order valence-electron chi connectivity index (χ0n) is 8.03. The number of ketones is 1. The monoisotopic (exact) mass is 195 g/mol. The van der Waals surface area contributed by atoms with Crippen LogP contribution in [0, 0.1) is 0 Å². The normalized spacial score (nSPS) is 17.6. The lowest BCUT2D eigenvalue weighted by molar-refractivity contribution is -0.111. The fourth-order valence-electron chi connectivity index (χ4n) is 2.03. The minimum Gasteiger partial charge on any atom is -0.395 e. The van der Waals surface area contributed by atoms with Crippen LogP contribution in [-0.4, -0.2) is 5.78 Å². The predicted octanol–water partition coefficient (Wildman–Crippen LogP) is -0.0169. The summed E-state index contributed by atoms with van der Waals surface area (Å²) < 4.78 is 0. The first-order valence-electron chi connectivity index (χ1n) is 4.81. The SMILES string of the molecule is NC1=C2C=c3ccccc3=C2C=CC1=O. The fourth-order valence-corrected chi connectivity index (χ4v) is 2.03. The van der Waals surface area contributed by atoms with Crippen molar-refractivity contribution >= 4 is 17.4 Å². The Labute approximate surface area is 86.7 Å². The van der Waals surface area contributed by atoms with Crippen molar-refractivity contribution in [3.8, 4) is 0 Å². The highest BCUT2D eigenvalue weighted by atomic mass is 16.1. The molecule has 0 radical (unpaired) electrons. The summed E-state index contributed by atoms with van der Waals surface area (Å²) in [6.07, 6.45) is 5.35. The molecular weight excluding hydrogens is 186 g/mol. The maximum Gasteiger partial charge on any atom is 0.202 e. The van der Waals surface area contributed by atoms with Crippen LogP contribution < -0.4 is 16.2 Å². The van der Waals surface area contributed by atoms with Gasteiger partial charge in [0, 0.05) is 5.57 Å². The Balaban J connectivity index is 2.48. The first-order chi connectivity index (χ1) is 7.27. The van der Waals surface area contributed by atoms with Gasteiger partial charge in [-0.1, -0.05) is 24.3 Å². The summed E-state index contributed by atoms with van der Waals surface area (Å²) in [5.74, 6) is -0.0993. The molecule has 2 aliphatic carbocycles. The highest BCUT2D eigenvalue weighted by Crippen LogP contribution is 2.22. The average Bonchev–Trinajstić information content (AvgIpc) is 2.63. The quantitative estimate of drug-likeness (QED) is 0.632. The molecule has 1 aromatic rings. The van der Waals surface area contributed by atoms with Gasteiger partial charge in [0.2, 0.25) is 5.78 Å². The van der Waals surface area contributed by atoms with Crippen molar-refractivity contribution in [2.45, 2.75) is 0 Å². The molecule has 0 fully saturated rings. The molecule has 0 heterocycles. The topological polar surface area (TPSA) is 43.1 Å². The minimum atomic E-state index is -0.0993. The van der Waals surface area contributed by atoms with E-state index in [-0.39, 0.29) is 5.78 Å². The molecule has 72 valence electrons.